The molecule has 0 nitrogen and oxygen atoms in total. The third-order valence-corrected chi connectivity index (χ3v) is 0.977. The molecule has 0 aromatic carbocycles. The summed E-state index contributed by atoms with van der Waals surface area (Å²) in [6, 6.07) is 0. The molecule has 0 atom stereocenters. The van der Waals surface area contributed by atoms with Crippen molar-refractivity contribution in [3.63, 3.8) is 0 Å². The number of hydrogen-bond donors (Lipinski definition) is 0. The van der Waals surface area contributed by atoms with E-state index in [1.165, 1.54) is 6.42 Å². The number of allylic oxidation sites excluding steroid dienone is 1. The Morgan fingerprint density at radius 2 is 2.12 bits per heavy atom. The fraction of sp³-hybridized carbons (Fsp3) is 0.500. The molecule has 2 radical (unpaired) electrons. The molecule has 46 valence electrons. The van der Waals surface area contributed by atoms with Gasteiger partial charge in [0.2, 0.25) is 0 Å². The normalized spacial score (nSPS) is 9.12. The summed E-state index contributed by atoms with van der Waals surface area (Å²) in [6.07, 6.45) is 9.80. The summed E-state index contributed by atoms with van der Waals surface area (Å²) in [5.74, 6) is 0. The van der Waals surface area contributed by atoms with E-state index in [4.69, 9.17) is 0 Å². The molecular formula is C8H14. The molecule has 0 rings (SSSR count). The molecule has 0 aliphatic rings. The summed E-state index contributed by atoms with van der Waals surface area (Å²) in [6.45, 7) is 5.70. The topological polar surface area (TPSA) is 0 Å². The van der Waals surface area contributed by atoms with Crippen molar-refractivity contribution in [2.45, 2.75) is 26.2 Å². The minimum absolute atomic E-state index is 1.12. The summed E-state index contributed by atoms with van der Waals surface area (Å²) in [5, 5.41) is 0. The van der Waals surface area contributed by atoms with E-state index < -0.39 is 0 Å². The first kappa shape index (κ1) is 7.74. The largest absolute Gasteiger partial charge is 0.103 e. The van der Waals surface area contributed by atoms with E-state index in [9.17, 15) is 0 Å². The summed E-state index contributed by atoms with van der Waals surface area (Å²) >= 11 is 0. The van der Waals surface area contributed by atoms with Crippen LogP contribution in [0.4, 0.5) is 0 Å². The Kier molecular flexibility index (Phi) is 6.52. The molecule has 0 N–H and O–H groups in total. The van der Waals surface area contributed by atoms with Crippen LogP contribution in [0.3, 0.4) is 0 Å². The zero-order valence-corrected chi connectivity index (χ0v) is 5.56. The highest BCUT2D eigenvalue weighted by molar-refractivity contribution is 4.76. The molecule has 0 unspecified atom stereocenters. The van der Waals surface area contributed by atoms with Crippen molar-refractivity contribution in [1.82, 2.24) is 0 Å². The lowest BCUT2D eigenvalue weighted by Gasteiger charge is -1.91. The second-order valence-electron chi connectivity index (χ2n) is 1.80. The molecule has 0 aliphatic carbocycles. The van der Waals surface area contributed by atoms with Gasteiger partial charge in [-0.3, -0.25) is 0 Å². The van der Waals surface area contributed by atoms with Gasteiger partial charge in [0.15, 0.2) is 0 Å². The van der Waals surface area contributed by atoms with E-state index in [1.54, 1.807) is 0 Å². The Labute approximate surface area is 52.6 Å². The predicted octanol–water partition coefficient (Wildman–Crippen LogP) is 2.77. The summed E-state index contributed by atoms with van der Waals surface area (Å²) in [7, 11) is 0. The maximum absolute atomic E-state index is 3.63. The van der Waals surface area contributed by atoms with Gasteiger partial charge in [0.05, 0.1) is 0 Å². The molecule has 0 heterocycles. The van der Waals surface area contributed by atoms with E-state index in [1.807, 2.05) is 6.08 Å². The zero-order chi connectivity index (χ0) is 6.24. The van der Waals surface area contributed by atoms with E-state index in [0.29, 0.717) is 0 Å². The van der Waals surface area contributed by atoms with Crippen LogP contribution in [0.1, 0.15) is 26.2 Å². The zero-order valence-electron chi connectivity index (χ0n) is 5.56. The molecule has 0 saturated carbocycles. The Morgan fingerprint density at radius 1 is 1.38 bits per heavy atom. The van der Waals surface area contributed by atoms with Crippen molar-refractivity contribution in [2.75, 3.05) is 0 Å². The van der Waals surface area contributed by atoms with E-state index in [-0.39, 0.29) is 0 Å². The van der Waals surface area contributed by atoms with Crippen LogP contribution in [0, 0.1) is 12.8 Å². The minimum atomic E-state index is 1.12. The van der Waals surface area contributed by atoms with Gasteiger partial charge in [-0.2, -0.15) is 0 Å². The van der Waals surface area contributed by atoms with Crippen LogP contribution < -0.4 is 0 Å². The Balaban J connectivity index is 2.62. The Bertz CT molecular complexity index is 46.0. The molecule has 8 heavy (non-hydrogen) atoms. The third-order valence-electron chi connectivity index (χ3n) is 0.977. The summed E-state index contributed by atoms with van der Waals surface area (Å²) in [5.41, 5.74) is 0. The van der Waals surface area contributed by atoms with Crippen molar-refractivity contribution >= 4 is 0 Å². The van der Waals surface area contributed by atoms with Crippen molar-refractivity contribution in [3.8, 4) is 0 Å². The van der Waals surface area contributed by atoms with Crippen LogP contribution in [0.5, 0.6) is 0 Å². The monoisotopic (exact) mass is 110 g/mol. The van der Waals surface area contributed by atoms with E-state index >= 15 is 0 Å². The first-order valence-corrected chi connectivity index (χ1v) is 3.12. The number of hydrogen-bond acceptors (Lipinski definition) is 0. The molecule has 0 spiro atoms. The van der Waals surface area contributed by atoms with Gasteiger partial charge in [0.1, 0.15) is 0 Å². The quantitative estimate of drug-likeness (QED) is 0.377. The fourth-order valence-corrected chi connectivity index (χ4v) is 0.520. The highest BCUT2D eigenvalue weighted by atomic mass is 13.9. The lowest BCUT2D eigenvalue weighted by molar-refractivity contribution is 0.910. The molecular weight excluding hydrogens is 96.1 g/mol. The lowest BCUT2D eigenvalue weighted by Crippen LogP contribution is -1.74. The average molecular weight is 110 g/mol. The Hall–Kier alpha value is -0.260. The predicted molar refractivity (Wildman–Crippen MR) is 38.3 cm³/mol. The van der Waals surface area contributed by atoms with Gasteiger partial charge in [-0.1, -0.05) is 13.0 Å². The van der Waals surface area contributed by atoms with Crippen LogP contribution in [-0.2, 0) is 0 Å². The smallest absolute Gasteiger partial charge is 0.0351 e. The molecule has 0 amide bonds. The highest BCUT2D eigenvalue weighted by Crippen LogP contribution is 1.99. The van der Waals surface area contributed by atoms with E-state index in [0.717, 1.165) is 12.8 Å². The van der Waals surface area contributed by atoms with Crippen LogP contribution in [0.25, 0.3) is 0 Å². The van der Waals surface area contributed by atoms with E-state index in [2.05, 4.69) is 26.3 Å². The maximum atomic E-state index is 3.63. The molecule has 0 heteroatoms. The highest BCUT2D eigenvalue weighted by Gasteiger charge is 1.82. The third kappa shape index (κ3) is 5.74. The van der Waals surface area contributed by atoms with Crippen LogP contribution in [0.15, 0.2) is 12.7 Å². The standard InChI is InChI=1S/C8H14/c1-3-5-7-8-6-4-2/h3-4,8H,1,5-7H2,2H3. The number of rotatable bonds is 5. The van der Waals surface area contributed by atoms with Gasteiger partial charge in [-0.05, 0) is 32.1 Å². The second-order valence-corrected chi connectivity index (χ2v) is 1.80. The van der Waals surface area contributed by atoms with Gasteiger partial charge >= 0.3 is 0 Å². The van der Waals surface area contributed by atoms with Gasteiger partial charge in [0, 0.05) is 0 Å². The molecule has 0 aromatic rings. The van der Waals surface area contributed by atoms with Gasteiger partial charge in [-0.15, -0.1) is 6.58 Å². The molecule has 0 bridgehead atoms. The van der Waals surface area contributed by atoms with Crippen molar-refractivity contribution < 1.29 is 0 Å². The first-order chi connectivity index (χ1) is 3.91. The lowest BCUT2D eigenvalue weighted by atomic mass is 10.2. The van der Waals surface area contributed by atoms with Gasteiger partial charge in [0.25, 0.3) is 0 Å². The molecule has 0 saturated heterocycles. The van der Waals surface area contributed by atoms with Gasteiger partial charge < -0.3 is 0 Å². The number of unbranched alkanes of at least 4 members (excludes halogenated alkanes) is 4. The fourth-order valence-electron chi connectivity index (χ4n) is 0.520. The van der Waals surface area contributed by atoms with Crippen molar-refractivity contribution in [1.29, 1.82) is 0 Å². The van der Waals surface area contributed by atoms with Gasteiger partial charge in [-0.25, -0.2) is 0 Å². The summed E-state index contributed by atoms with van der Waals surface area (Å²) < 4.78 is 0. The average Bonchev–Trinajstić information content (AvgIpc) is 1.81. The van der Waals surface area contributed by atoms with Crippen molar-refractivity contribution in [2.24, 2.45) is 0 Å². The maximum Gasteiger partial charge on any atom is -0.0351 e. The van der Waals surface area contributed by atoms with Crippen molar-refractivity contribution in [3.05, 3.63) is 25.5 Å². The first-order valence-electron chi connectivity index (χ1n) is 3.12. The van der Waals surface area contributed by atoms with Crippen LogP contribution in [0.2, 0.25) is 0 Å². The molecule has 0 aromatic heterocycles. The van der Waals surface area contributed by atoms with Crippen LogP contribution in [-0.4, -0.2) is 0 Å². The minimum Gasteiger partial charge on any atom is -0.103 e. The molecule has 0 aliphatic heterocycles. The summed E-state index contributed by atoms with van der Waals surface area (Å²) in [4.78, 5) is 0. The SMILES string of the molecule is C=CCC[CH]C[CH]C. The van der Waals surface area contributed by atoms with Crippen LogP contribution >= 0.6 is 0 Å². The second kappa shape index (κ2) is 6.74. The Morgan fingerprint density at radius 3 is 2.62 bits per heavy atom. The molecule has 0 fully saturated rings.